The van der Waals surface area contributed by atoms with E-state index in [0.29, 0.717) is 11.5 Å². The van der Waals surface area contributed by atoms with Gasteiger partial charge in [-0.25, -0.2) is 0 Å². The van der Waals surface area contributed by atoms with E-state index in [0.717, 1.165) is 22.6 Å². The first-order valence-corrected chi connectivity index (χ1v) is 6.99. The highest BCUT2D eigenvalue weighted by Gasteiger charge is 2.20. The molecule has 4 nitrogen and oxygen atoms in total. The van der Waals surface area contributed by atoms with Crippen molar-refractivity contribution >= 4 is 11.4 Å². The first kappa shape index (κ1) is 13.5. The molecule has 4 heteroatoms. The molecule has 0 atom stereocenters. The van der Waals surface area contributed by atoms with Gasteiger partial charge in [0, 0.05) is 28.9 Å². The van der Waals surface area contributed by atoms with Crippen LogP contribution in [0.4, 0.5) is 5.69 Å². The van der Waals surface area contributed by atoms with Gasteiger partial charge >= 0.3 is 0 Å². The third-order valence-electron chi connectivity index (χ3n) is 3.29. The molecule has 0 unspecified atom stereocenters. The Morgan fingerprint density at radius 3 is 2.43 bits per heavy atom. The molecule has 0 bridgehead atoms. The third-order valence-corrected chi connectivity index (χ3v) is 3.29. The number of anilines is 1. The van der Waals surface area contributed by atoms with E-state index in [4.69, 9.17) is 14.9 Å². The van der Waals surface area contributed by atoms with Crippen molar-refractivity contribution in [2.75, 3.05) is 12.1 Å². The Kier molecular flexibility index (Phi) is 3.52. The largest absolute Gasteiger partial charge is 0.454 e. The highest BCUT2D eigenvalue weighted by Crippen LogP contribution is 2.38. The lowest BCUT2D eigenvalue weighted by Gasteiger charge is -2.16. The molecule has 0 spiro atoms. The molecule has 0 fully saturated rings. The van der Waals surface area contributed by atoms with Crippen LogP contribution in [0.2, 0.25) is 0 Å². The first-order chi connectivity index (χ1) is 10.1. The van der Waals surface area contributed by atoms with Crippen molar-refractivity contribution in [3.63, 3.8) is 0 Å². The van der Waals surface area contributed by atoms with E-state index in [2.05, 4.69) is 19.2 Å². The van der Waals surface area contributed by atoms with Crippen LogP contribution < -0.4 is 14.8 Å². The number of fused-ring (bicyclic) bond motifs is 1. The van der Waals surface area contributed by atoms with Gasteiger partial charge < -0.3 is 14.8 Å². The van der Waals surface area contributed by atoms with Gasteiger partial charge in [0.15, 0.2) is 11.5 Å². The second-order valence-corrected chi connectivity index (χ2v) is 5.29. The Balaban J connectivity index is 2.05. The Hall–Kier alpha value is -2.49. The summed E-state index contributed by atoms with van der Waals surface area (Å²) in [6.07, 6.45) is 0. The molecule has 2 aromatic carbocycles. The molecular weight excluding hydrogens is 264 g/mol. The molecule has 1 aliphatic heterocycles. The lowest BCUT2D eigenvalue weighted by Crippen LogP contribution is -2.14. The molecule has 1 aliphatic rings. The summed E-state index contributed by atoms with van der Waals surface area (Å²) in [7, 11) is 0. The molecule has 0 aliphatic carbocycles. The summed E-state index contributed by atoms with van der Waals surface area (Å²) >= 11 is 0. The number of hydrogen-bond donors (Lipinski definition) is 2. The molecule has 0 saturated carbocycles. The monoisotopic (exact) mass is 282 g/mol. The van der Waals surface area contributed by atoms with Crippen LogP contribution >= 0.6 is 0 Å². The summed E-state index contributed by atoms with van der Waals surface area (Å²) < 4.78 is 10.9. The number of benzene rings is 2. The van der Waals surface area contributed by atoms with Crippen molar-refractivity contribution in [1.29, 1.82) is 5.41 Å². The summed E-state index contributed by atoms with van der Waals surface area (Å²) in [6.45, 7) is 4.37. The van der Waals surface area contributed by atoms with Crippen LogP contribution in [-0.4, -0.2) is 18.5 Å². The molecular formula is C17H18N2O2. The lowest BCUT2D eigenvalue weighted by atomic mass is 10.00. The fraction of sp³-hybridized carbons (Fsp3) is 0.235. The van der Waals surface area contributed by atoms with Gasteiger partial charge in [-0.3, -0.25) is 5.41 Å². The summed E-state index contributed by atoms with van der Waals surface area (Å²) in [5, 5.41) is 11.9. The zero-order chi connectivity index (χ0) is 14.8. The van der Waals surface area contributed by atoms with Crippen molar-refractivity contribution in [3.8, 4) is 11.5 Å². The average molecular weight is 282 g/mol. The van der Waals surface area contributed by atoms with E-state index in [-0.39, 0.29) is 12.8 Å². The minimum Gasteiger partial charge on any atom is -0.454 e. The van der Waals surface area contributed by atoms with Crippen LogP contribution in [0.1, 0.15) is 25.0 Å². The molecule has 0 radical (unpaired) electrons. The Morgan fingerprint density at radius 2 is 1.76 bits per heavy atom. The second kappa shape index (κ2) is 5.48. The summed E-state index contributed by atoms with van der Waals surface area (Å²) in [6, 6.07) is 13.8. The van der Waals surface area contributed by atoms with Gasteiger partial charge in [0.2, 0.25) is 6.79 Å². The molecule has 3 rings (SSSR count). The molecule has 0 amide bonds. The molecule has 0 aromatic heterocycles. The van der Waals surface area contributed by atoms with Gasteiger partial charge in [-0.15, -0.1) is 0 Å². The Morgan fingerprint density at radius 1 is 1.10 bits per heavy atom. The Labute approximate surface area is 124 Å². The molecule has 108 valence electrons. The molecule has 1 heterocycles. The number of rotatable bonds is 4. The minimum absolute atomic E-state index is 0.235. The summed E-state index contributed by atoms with van der Waals surface area (Å²) in [5.41, 5.74) is 3.06. The van der Waals surface area contributed by atoms with Crippen LogP contribution in [0.5, 0.6) is 11.5 Å². The van der Waals surface area contributed by atoms with Crippen molar-refractivity contribution in [2.24, 2.45) is 0 Å². The first-order valence-electron chi connectivity index (χ1n) is 6.99. The fourth-order valence-corrected chi connectivity index (χ4v) is 2.34. The molecule has 21 heavy (non-hydrogen) atoms. The fourth-order valence-electron chi connectivity index (χ4n) is 2.34. The standard InChI is InChI=1S/C17H18N2O2/c1-11(2)19-14-9-16-15(20-10-21-16)8-13(14)17(18)12-6-4-3-5-7-12/h3-9,11,18-19H,10H2,1-2H3. The lowest BCUT2D eigenvalue weighted by molar-refractivity contribution is 0.174. The van der Waals surface area contributed by atoms with Crippen LogP contribution in [-0.2, 0) is 0 Å². The smallest absolute Gasteiger partial charge is 0.231 e. The van der Waals surface area contributed by atoms with Crippen LogP contribution in [0.15, 0.2) is 42.5 Å². The van der Waals surface area contributed by atoms with Gasteiger partial charge in [-0.05, 0) is 19.9 Å². The van der Waals surface area contributed by atoms with E-state index in [1.165, 1.54) is 0 Å². The molecule has 2 N–H and O–H groups in total. The maximum atomic E-state index is 8.48. The average Bonchev–Trinajstić information content (AvgIpc) is 2.93. The van der Waals surface area contributed by atoms with E-state index >= 15 is 0 Å². The summed E-state index contributed by atoms with van der Waals surface area (Å²) in [5.74, 6) is 1.42. The zero-order valence-corrected chi connectivity index (χ0v) is 12.1. The third kappa shape index (κ3) is 2.70. The van der Waals surface area contributed by atoms with E-state index in [1.807, 2.05) is 42.5 Å². The maximum Gasteiger partial charge on any atom is 0.231 e. The Bertz CT molecular complexity index is 666. The normalized spacial score (nSPS) is 12.5. The van der Waals surface area contributed by atoms with Gasteiger partial charge in [-0.2, -0.15) is 0 Å². The van der Waals surface area contributed by atoms with Gasteiger partial charge in [0.1, 0.15) is 0 Å². The quantitative estimate of drug-likeness (QED) is 0.842. The van der Waals surface area contributed by atoms with E-state index in [9.17, 15) is 0 Å². The number of hydrogen-bond acceptors (Lipinski definition) is 4. The summed E-state index contributed by atoms with van der Waals surface area (Å²) in [4.78, 5) is 0. The van der Waals surface area contributed by atoms with Crippen LogP contribution in [0, 0.1) is 5.41 Å². The molecule has 0 saturated heterocycles. The number of ether oxygens (including phenoxy) is 2. The van der Waals surface area contributed by atoms with Crippen molar-refractivity contribution in [2.45, 2.75) is 19.9 Å². The second-order valence-electron chi connectivity index (χ2n) is 5.29. The zero-order valence-electron chi connectivity index (χ0n) is 12.1. The topological polar surface area (TPSA) is 54.3 Å². The van der Waals surface area contributed by atoms with Crippen molar-refractivity contribution in [1.82, 2.24) is 0 Å². The molecule has 2 aromatic rings. The van der Waals surface area contributed by atoms with E-state index in [1.54, 1.807) is 0 Å². The predicted molar refractivity (Wildman–Crippen MR) is 83.7 cm³/mol. The van der Waals surface area contributed by atoms with Gasteiger partial charge in [0.25, 0.3) is 0 Å². The SMILES string of the molecule is CC(C)Nc1cc2c(cc1C(=N)c1ccccc1)OCO2. The van der Waals surface area contributed by atoms with Gasteiger partial charge in [0.05, 0.1) is 5.71 Å². The highest BCUT2D eigenvalue weighted by atomic mass is 16.7. The van der Waals surface area contributed by atoms with Crippen molar-refractivity contribution < 1.29 is 9.47 Å². The minimum atomic E-state index is 0.235. The van der Waals surface area contributed by atoms with E-state index < -0.39 is 0 Å². The van der Waals surface area contributed by atoms with Crippen LogP contribution in [0.25, 0.3) is 0 Å². The van der Waals surface area contributed by atoms with Crippen molar-refractivity contribution in [3.05, 3.63) is 53.6 Å². The number of nitrogens with one attached hydrogen (secondary N) is 2. The van der Waals surface area contributed by atoms with Gasteiger partial charge in [-0.1, -0.05) is 30.3 Å². The highest BCUT2D eigenvalue weighted by molar-refractivity contribution is 6.14. The predicted octanol–water partition coefficient (Wildman–Crippen LogP) is 3.65. The van der Waals surface area contributed by atoms with Crippen LogP contribution in [0.3, 0.4) is 0 Å². The maximum absolute atomic E-state index is 8.48.